The SMILES string of the molecule is CCc1ccc(-n2c(C)cc(C=Nc3cccc4ccccc34)c2C)cc1. The molecule has 0 amide bonds. The van der Waals surface area contributed by atoms with Gasteiger partial charge in [-0.2, -0.15) is 0 Å². The molecule has 0 aliphatic heterocycles. The Labute approximate surface area is 160 Å². The fraction of sp³-hybridized carbons (Fsp3) is 0.160. The van der Waals surface area contributed by atoms with E-state index in [1.54, 1.807) is 0 Å². The average Bonchev–Trinajstić information content (AvgIpc) is 2.99. The van der Waals surface area contributed by atoms with Crippen molar-refractivity contribution in [1.29, 1.82) is 0 Å². The number of rotatable bonds is 4. The normalized spacial score (nSPS) is 11.5. The van der Waals surface area contributed by atoms with Gasteiger partial charge in [0, 0.05) is 34.2 Å². The maximum atomic E-state index is 4.80. The van der Waals surface area contributed by atoms with E-state index in [-0.39, 0.29) is 0 Å². The van der Waals surface area contributed by atoms with Crippen molar-refractivity contribution in [1.82, 2.24) is 4.57 Å². The Bertz CT molecular complexity index is 1110. The van der Waals surface area contributed by atoms with Gasteiger partial charge < -0.3 is 4.57 Å². The molecule has 0 N–H and O–H groups in total. The highest BCUT2D eigenvalue weighted by molar-refractivity contribution is 5.95. The summed E-state index contributed by atoms with van der Waals surface area (Å²) < 4.78 is 2.30. The van der Waals surface area contributed by atoms with Crippen LogP contribution in [-0.2, 0) is 6.42 Å². The standard InChI is InChI=1S/C25H24N2/c1-4-20-12-14-23(15-13-20)27-18(2)16-22(19(27)3)17-26-25-11-7-9-21-8-5-6-10-24(21)25/h5-17H,4H2,1-3H3. The number of nitrogens with zero attached hydrogens (tertiary/aromatic N) is 2. The van der Waals surface area contributed by atoms with E-state index in [2.05, 4.69) is 98.1 Å². The first kappa shape index (κ1) is 17.3. The molecule has 0 aliphatic carbocycles. The van der Waals surface area contributed by atoms with Crippen LogP contribution in [0, 0.1) is 13.8 Å². The smallest absolute Gasteiger partial charge is 0.0708 e. The molecule has 0 aliphatic rings. The van der Waals surface area contributed by atoms with Crippen molar-refractivity contribution in [2.45, 2.75) is 27.2 Å². The molecule has 27 heavy (non-hydrogen) atoms. The highest BCUT2D eigenvalue weighted by Crippen LogP contribution is 2.26. The van der Waals surface area contributed by atoms with Gasteiger partial charge in [-0.3, -0.25) is 4.99 Å². The second kappa shape index (κ2) is 7.24. The van der Waals surface area contributed by atoms with Gasteiger partial charge in [0.2, 0.25) is 0 Å². The second-order valence-electron chi connectivity index (χ2n) is 6.94. The Kier molecular flexibility index (Phi) is 4.64. The van der Waals surface area contributed by atoms with Crippen LogP contribution in [0.2, 0.25) is 0 Å². The molecule has 2 nitrogen and oxygen atoms in total. The van der Waals surface area contributed by atoms with Gasteiger partial charge in [0.1, 0.15) is 0 Å². The van der Waals surface area contributed by atoms with Crippen LogP contribution in [0.15, 0.2) is 77.8 Å². The summed E-state index contributed by atoms with van der Waals surface area (Å²) in [6, 6.07) is 25.7. The summed E-state index contributed by atoms with van der Waals surface area (Å²) in [5.74, 6) is 0. The van der Waals surface area contributed by atoms with Crippen molar-refractivity contribution < 1.29 is 0 Å². The molecular weight excluding hydrogens is 328 g/mol. The summed E-state index contributed by atoms with van der Waals surface area (Å²) in [6.45, 7) is 6.49. The van der Waals surface area contributed by atoms with E-state index in [4.69, 9.17) is 4.99 Å². The number of hydrogen-bond donors (Lipinski definition) is 0. The Balaban J connectivity index is 1.71. The van der Waals surface area contributed by atoms with E-state index in [0.29, 0.717) is 0 Å². The third-order valence-corrected chi connectivity index (χ3v) is 5.18. The molecule has 0 saturated carbocycles. The van der Waals surface area contributed by atoms with Gasteiger partial charge in [-0.05, 0) is 55.5 Å². The highest BCUT2D eigenvalue weighted by atomic mass is 15.0. The molecule has 4 aromatic rings. The Morgan fingerprint density at radius 1 is 0.889 bits per heavy atom. The van der Waals surface area contributed by atoms with Gasteiger partial charge in [-0.25, -0.2) is 0 Å². The quantitative estimate of drug-likeness (QED) is 0.370. The molecule has 0 spiro atoms. The van der Waals surface area contributed by atoms with Crippen LogP contribution in [0.5, 0.6) is 0 Å². The summed E-state index contributed by atoms with van der Waals surface area (Å²) >= 11 is 0. The first-order chi connectivity index (χ1) is 13.2. The predicted octanol–water partition coefficient (Wildman–Crippen LogP) is 6.56. The molecular formula is C25H24N2. The summed E-state index contributed by atoms with van der Waals surface area (Å²) in [7, 11) is 0. The molecule has 3 aromatic carbocycles. The molecule has 0 bridgehead atoms. The summed E-state index contributed by atoms with van der Waals surface area (Å²) in [5, 5.41) is 2.40. The molecule has 1 aromatic heterocycles. The van der Waals surface area contributed by atoms with Gasteiger partial charge in [-0.15, -0.1) is 0 Å². The fourth-order valence-electron chi connectivity index (χ4n) is 3.66. The van der Waals surface area contributed by atoms with E-state index in [0.717, 1.165) is 17.7 Å². The first-order valence-corrected chi connectivity index (χ1v) is 9.47. The van der Waals surface area contributed by atoms with Crippen LogP contribution in [0.25, 0.3) is 16.5 Å². The Morgan fingerprint density at radius 2 is 1.63 bits per heavy atom. The monoisotopic (exact) mass is 352 g/mol. The molecule has 0 saturated heterocycles. The van der Waals surface area contributed by atoms with Crippen molar-refractivity contribution >= 4 is 22.7 Å². The molecule has 2 heteroatoms. The number of aliphatic imine (C=N–C) groups is 1. The molecule has 1 heterocycles. The summed E-state index contributed by atoms with van der Waals surface area (Å²) in [4.78, 5) is 4.80. The van der Waals surface area contributed by atoms with Crippen molar-refractivity contribution in [3.8, 4) is 5.69 Å². The van der Waals surface area contributed by atoms with Crippen LogP contribution in [-0.4, -0.2) is 10.8 Å². The first-order valence-electron chi connectivity index (χ1n) is 9.47. The van der Waals surface area contributed by atoms with E-state index in [1.165, 1.54) is 33.4 Å². The minimum absolute atomic E-state index is 1.00. The van der Waals surface area contributed by atoms with E-state index in [9.17, 15) is 0 Å². The lowest BCUT2D eigenvalue weighted by Crippen LogP contribution is -1.99. The molecule has 0 fully saturated rings. The van der Waals surface area contributed by atoms with Gasteiger partial charge in [0.15, 0.2) is 0 Å². The van der Waals surface area contributed by atoms with Crippen LogP contribution in [0.1, 0.15) is 29.4 Å². The molecule has 0 unspecified atom stereocenters. The number of fused-ring (bicyclic) bond motifs is 1. The molecule has 0 atom stereocenters. The number of aromatic nitrogens is 1. The summed E-state index contributed by atoms with van der Waals surface area (Å²) in [6.07, 6.45) is 3.05. The Morgan fingerprint density at radius 3 is 2.41 bits per heavy atom. The number of benzene rings is 3. The lowest BCUT2D eigenvalue weighted by atomic mass is 10.1. The van der Waals surface area contributed by atoms with Gasteiger partial charge in [0.25, 0.3) is 0 Å². The van der Waals surface area contributed by atoms with Crippen LogP contribution in [0.3, 0.4) is 0 Å². The van der Waals surface area contributed by atoms with Gasteiger partial charge in [-0.1, -0.05) is 55.5 Å². The second-order valence-corrected chi connectivity index (χ2v) is 6.94. The maximum Gasteiger partial charge on any atom is 0.0708 e. The third kappa shape index (κ3) is 3.31. The van der Waals surface area contributed by atoms with Crippen molar-refractivity contribution in [2.75, 3.05) is 0 Å². The lowest BCUT2D eigenvalue weighted by Gasteiger charge is -2.10. The van der Waals surface area contributed by atoms with Crippen molar-refractivity contribution in [3.05, 3.63) is 95.3 Å². The fourth-order valence-corrected chi connectivity index (χ4v) is 3.66. The summed E-state index contributed by atoms with van der Waals surface area (Å²) in [5.41, 5.74) is 7.15. The number of aryl methyl sites for hydroxylation is 2. The van der Waals surface area contributed by atoms with Crippen LogP contribution >= 0.6 is 0 Å². The molecule has 0 radical (unpaired) electrons. The zero-order valence-corrected chi connectivity index (χ0v) is 16.1. The van der Waals surface area contributed by atoms with Crippen LogP contribution < -0.4 is 0 Å². The molecule has 134 valence electrons. The van der Waals surface area contributed by atoms with E-state index >= 15 is 0 Å². The third-order valence-electron chi connectivity index (χ3n) is 5.18. The zero-order chi connectivity index (χ0) is 18.8. The average molecular weight is 352 g/mol. The van der Waals surface area contributed by atoms with Gasteiger partial charge in [0.05, 0.1) is 5.69 Å². The minimum atomic E-state index is 1.00. The zero-order valence-electron chi connectivity index (χ0n) is 16.1. The van der Waals surface area contributed by atoms with Crippen molar-refractivity contribution in [2.24, 2.45) is 4.99 Å². The van der Waals surface area contributed by atoms with E-state index in [1.807, 2.05) is 6.21 Å². The Hall–Kier alpha value is -3.13. The minimum Gasteiger partial charge on any atom is -0.318 e. The van der Waals surface area contributed by atoms with Crippen molar-refractivity contribution in [3.63, 3.8) is 0 Å². The topological polar surface area (TPSA) is 17.3 Å². The number of hydrogen-bond acceptors (Lipinski definition) is 1. The van der Waals surface area contributed by atoms with Crippen LogP contribution in [0.4, 0.5) is 5.69 Å². The predicted molar refractivity (Wildman–Crippen MR) is 116 cm³/mol. The maximum absolute atomic E-state index is 4.80. The van der Waals surface area contributed by atoms with Gasteiger partial charge >= 0.3 is 0 Å². The highest BCUT2D eigenvalue weighted by Gasteiger charge is 2.09. The largest absolute Gasteiger partial charge is 0.318 e. The lowest BCUT2D eigenvalue weighted by molar-refractivity contribution is 0.962. The molecule has 4 rings (SSSR count). The van der Waals surface area contributed by atoms with E-state index < -0.39 is 0 Å².